The van der Waals surface area contributed by atoms with E-state index in [1.165, 1.54) is 24.3 Å². The number of halogens is 4. The number of benzene rings is 1. The molecule has 0 bridgehead atoms. The molecule has 1 aliphatic carbocycles. The minimum Gasteiger partial charge on any atom is -0.320 e. The first kappa shape index (κ1) is 21.7. The third-order valence-corrected chi connectivity index (χ3v) is 5.06. The lowest BCUT2D eigenvalue weighted by atomic mass is 9.87. The molecule has 0 saturated heterocycles. The van der Waals surface area contributed by atoms with Crippen LogP contribution in [0, 0.1) is 16.7 Å². The number of amides is 1. The van der Waals surface area contributed by atoms with Crippen LogP contribution in [0.15, 0.2) is 28.7 Å². The fourth-order valence-corrected chi connectivity index (χ4v) is 3.43. The second kappa shape index (κ2) is 7.44. The molecule has 1 saturated carbocycles. The topological polar surface area (TPSA) is 70.1 Å². The predicted octanol–water partition coefficient (Wildman–Crippen LogP) is 4.70. The Morgan fingerprint density at radius 2 is 1.81 bits per heavy atom. The molecule has 1 amide bonds. The summed E-state index contributed by atoms with van der Waals surface area (Å²) in [5.74, 6) is -0.839. The second-order valence-corrected chi connectivity index (χ2v) is 9.13. The zero-order chi connectivity index (χ0) is 20.6. The largest absolute Gasteiger partial charge is 0.413 e. The number of carbonyl (C=O) groups is 1. The monoisotopic (exact) mass is 445 g/mol. The van der Waals surface area contributed by atoms with Crippen molar-refractivity contribution in [3.63, 3.8) is 0 Å². The van der Waals surface area contributed by atoms with E-state index in [4.69, 9.17) is 5.73 Å². The van der Waals surface area contributed by atoms with Crippen molar-refractivity contribution in [2.75, 3.05) is 0 Å². The first-order valence-corrected chi connectivity index (χ1v) is 9.42. The highest BCUT2D eigenvalue weighted by atomic mass is 79.9. The molecule has 2 N–H and O–H groups in total. The lowest BCUT2D eigenvalue weighted by molar-refractivity contribution is -0.198. The molecule has 0 aliphatic heterocycles. The van der Waals surface area contributed by atoms with Gasteiger partial charge in [-0.25, -0.2) is 0 Å². The van der Waals surface area contributed by atoms with Gasteiger partial charge in [-0.15, -0.1) is 0 Å². The standard InChI is InChI=1S/C19H23BrF3N3O/c1-17(2,3)10-14(25)16(27)26(18(11-24)8-9-18)15(19(21,22)23)12-4-6-13(20)7-5-12/h4-7,14-15H,8-10,25H2,1-3H3/t14-,15-/m0/s1. The van der Waals surface area contributed by atoms with Crippen molar-refractivity contribution < 1.29 is 18.0 Å². The highest BCUT2D eigenvalue weighted by molar-refractivity contribution is 9.10. The maximum atomic E-state index is 14.1. The minimum absolute atomic E-state index is 0.0940. The molecule has 2 rings (SSSR count). The summed E-state index contributed by atoms with van der Waals surface area (Å²) in [7, 11) is 0. The normalized spacial score (nSPS) is 18.3. The van der Waals surface area contributed by atoms with Gasteiger partial charge in [0, 0.05) is 4.47 Å². The van der Waals surface area contributed by atoms with Gasteiger partial charge in [0.05, 0.1) is 12.1 Å². The van der Waals surface area contributed by atoms with E-state index in [2.05, 4.69) is 15.9 Å². The minimum atomic E-state index is -4.74. The lowest BCUT2D eigenvalue weighted by Gasteiger charge is -2.39. The molecule has 1 fully saturated rings. The van der Waals surface area contributed by atoms with Crippen LogP contribution >= 0.6 is 15.9 Å². The molecule has 2 atom stereocenters. The molecule has 0 aromatic heterocycles. The van der Waals surface area contributed by atoms with Crippen LogP contribution in [-0.2, 0) is 4.79 Å². The van der Waals surface area contributed by atoms with Crippen LogP contribution in [-0.4, -0.2) is 28.6 Å². The number of carbonyl (C=O) groups excluding carboxylic acids is 1. The summed E-state index contributed by atoms with van der Waals surface area (Å²) < 4.78 is 42.8. The number of rotatable bonds is 5. The van der Waals surface area contributed by atoms with Crippen LogP contribution in [0.4, 0.5) is 13.2 Å². The SMILES string of the molecule is CC(C)(C)C[C@H](N)C(=O)N([C@@H](c1ccc(Br)cc1)C(F)(F)F)C1(C#N)CC1. The van der Waals surface area contributed by atoms with Crippen LogP contribution in [0.25, 0.3) is 0 Å². The van der Waals surface area contributed by atoms with Crippen LogP contribution in [0.2, 0.25) is 0 Å². The number of hydrogen-bond donors (Lipinski definition) is 1. The Labute approximate surface area is 165 Å². The highest BCUT2D eigenvalue weighted by Gasteiger charge is 2.60. The Bertz CT molecular complexity index is 731. The molecule has 1 aromatic carbocycles. The van der Waals surface area contributed by atoms with Crippen LogP contribution in [0.1, 0.15) is 51.6 Å². The average molecular weight is 446 g/mol. The summed E-state index contributed by atoms with van der Waals surface area (Å²) in [5, 5.41) is 9.54. The summed E-state index contributed by atoms with van der Waals surface area (Å²) in [6.07, 6.45) is -4.10. The smallest absolute Gasteiger partial charge is 0.320 e. The Morgan fingerprint density at radius 1 is 1.30 bits per heavy atom. The van der Waals surface area contributed by atoms with E-state index < -0.39 is 29.7 Å². The summed E-state index contributed by atoms with van der Waals surface area (Å²) in [6, 6.07) is 4.18. The Kier molecular flexibility index (Phi) is 5.98. The van der Waals surface area contributed by atoms with E-state index in [1.54, 1.807) is 0 Å². The molecule has 1 aromatic rings. The zero-order valence-electron chi connectivity index (χ0n) is 15.5. The Balaban J connectivity index is 2.52. The van der Waals surface area contributed by atoms with Crippen molar-refractivity contribution in [3.05, 3.63) is 34.3 Å². The molecule has 148 valence electrons. The number of hydrogen-bond acceptors (Lipinski definition) is 3. The molecule has 27 heavy (non-hydrogen) atoms. The fourth-order valence-electron chi connectivity index (χ4n) is 3.17. The first-order chi connectivity index (χ1) is 12.3. The van der Waals surface area contributed by atoms with Gasteiger partial charge in [0.2, 0.25) is 5.91 Å². The van der Waals surface area contributed by atoms with Gasteiger partial charge in [-0.05, 0) is 42.4 Å². The van der Waals surface area contributed by atoms with Crippen LogP contribution in [0.5, 0.6) is 0 Å². The fraction of sp³-hybridized carbons (Fsp3) is 0.579. The van der Waals surface area contributed by atoms with Gasteiger partial charge in [0.1, 0.15) is 5.54 Å². The van der Waals surface area contributed by atoms with Crippen molar-refractivity contribution >= 4 is 21.8 Å². The molecule has 0 radical (unpaired) electrons. The molecular formula is C19H23BrF3N3O. The van der Waals surface area contributed by atoms with Crippen LogP contribution < -0.4 is 5.73 Å². The van der Waals surface area contributed by atoms with Crippen LogP contribution in [0.3, 0.4) is 0 Å². The van der Waals surface area contributed by atoms with Crippen molar-refractivity contribution in [2.45, 2.75) is 63.8 Å². The molecule has 8 heteroatoms. The average Bonchev–Trinajstić information content (AvgIpc) is 3.31. The Morgan fingerprint density at radius 3 is 2.19 bits per heavy atom. The summed E-state index contributed by atoms with van der Waals surface area (Å²) in [4.78, 5) is 13.7. The van der Waals surface area contributed by atoms with E-state index >= 15 is 0 Å². The van der Waals surface area contributed by atoms with Gasteiger partial charge in [-0.2, -0.15) is 18.4 Å². The quantitative estimate of drug-likeness (QED) is 0.713. The van der Waals surface area contributed by atoms with E-state index in [0.29, 0.717) is 9.37 Å². The molecule has 1 aliphatic rings. The summed E-state index contributed by atoms with van der Waals surface area (Å²) >= 11 is 3.20. The third kappa shape index (κ3) is 5.02. The summed E-state index contributed by atoms with van der Waals surface area (Å²) in [5.41, 5.74) is 4.10. The third-order valence-electron chi connectivity index (χ3n) is 4.53. The van der Waals surface area contributed by atoms with Gasteiger partial charge in [0.25, 0.3) is 0 Å². The number of nitrogens with zero attached hydrogens (tertiary/aromatic N) is 2. The van der Waals surface area contributed by atoms with Crippen molar-refractivity contribution in [1.29, 1.82) is 5.26 Å². The van der Waals surface area contributed by atoms with Gasteiger partial charge in [0.15, 0.2) is 6.04 Å². The number of nitriles is 1. The van der Waals surface area contributed by atoms with Gasteiger partial charge >= 0.3 is 6.18 Å². The number of nitrogens with two attached hydrogens (primary N) is 1. The van der Waals surface area contributed by atoms with Crippen molar-refractivity contribution in [3.8, 4) is 6.07 Å². The van der Waals surface area contributed by atoms with Crippen molar-refractivity contribution in [2.24, 2.45) is 11.1 Å². The molecule has 0 unspecified atom stereocenters. The molecule has 0 heterocycles. The highest BCUT2D eigenvalue weighted by Crippen LogP contribution is 2.50. The van der Waals surface area contributed by atoms with Gasteiger partial charge in [-0.1, -0.05) is 48.8 Å². The maximum absolute atomic E-state index is 14.1. The van der Waals surface area contributed by atoms with E-state index in [0.717, 1.165) is 0 Å². The van der Waals surface area contributed by atoms with Gasteiger partial charge in [-0.3, -0.25) is 4.79 Å². The van der Waals surface area contributed by atoms with E-state index in [-0.39, 0.29) is 30.2 Å². The summed E-state index contributed by atoms with van der Waals surface area (Å²) in [6.45, 7) is 5.58. The molecule has 4 nitrogen and oxygen atoms in total. The van der Waals surface area contributed by atoms with E-state index in [9.17, 15) is 23.2 Å². The predicted molar refractivity (Wildman–Crippen MR) is 99.4 cm³/mol. The van der Waals surface area contributed by atoms with Crippen molar-refractivity contribution in [1.82, 2.24) is 4.90 Å². The zero-order valence-corrected chi connectivity index (χ0v) is 17.1. The Hall–Kier alpha value is -1.59. The molecular weight excluding hydrogens is 423 g/mol. The lowest BCUT2D eigenvalue weighted by Crippen LogP contribution is -2.55. The number of alkyl halides is 3. The van der Waals surface area contributed by atoms with Gasteiger partial charge < -0.3 is 10.6 Å². The van der Waals surface area contributed by atoms with E-state index in [1.807, 2.05) is 26.8 Å². The molecule has 0 spiro atoms. The first-order valence-electron chi connectivity index (χ1n) is 8.63. The maximum Gasteiger partial charge on any atom is 0.413 e. The second-order valence-electron chi connectivity index (χ2n) is 8.22.